The van der Waals surface area contributed by atoms with Crippen LogP contribution in [0.5, 0.6) is 17.2 Å². The van der Waals surface area contributed by atoms with E-state index in [-0.39, 0.29) is 12.7 Å². The van der Waals surface area contributed by atoms with Crippen molar-refractivity contribution in [3.05, 3.63) is 53.9 Å². The summed E-state index contributed by atoms with van der Waals surface area (Å²) >= 11 is 0. The van der Waals surface area contributed by atoms with Gasteiger partial charge in [-0.25, -0.2) is 4.79 Å². The van der Waals surface area contributed by atoms with Crippen molar-refractivity contribution >= 4 is 5.97 Å². The molecule has 4 rings (SSSR count). The molecule has 2 aromatic carbocycles. The van der Waals surface area contributed by atoms with Gasteiger partial charge in [-0.15, -0.1) is 10.2 Å². The van der Waals surface area contributed by atoms with Crippen molar-refractivity contribution in [2.75, 3.05) is 13.9 Å². The number of carbonyl (C=O) groups excluding carboxylic acids is 1. The van der Waals surface area contributed by atoms with E-state index in [2.05, 4.69) is 10.2 Å². The molecule has 138 valence electrons. The molecule has 0 amide bonds. The Labute approximate surface area is 154 Å². The highest BCUT2D eigenvalue weighted by atomic mass is 16.7. The zero-order valence-electron chi connectivity index (χ0n) is 14.7. The van der Waals surface area contributed by atoms with Crippen LogP contribution in [0.25, 0.3) is 11.5 Å². The quantitative estimate of drug-likeness (QED) is 0.633. The Morgan fingerprint density at radius 2 is 1.85 bits per heavy atom. The molecular formula is C19H16N2O6. The lowest BCUT2D eigenvalue weighted by Crippen LogP contribution is -2.09. The third-order valence-electron chi connectivity index (χ3n) is 4.02. The fourth-order valence-corrected chi connectivity index (χ4v) is 2.55. The third kappa shape index (κ3) is 3.41. The molecule has 3 aromatic rings. The second-order valence-corrected chi connectivity index (χ2v) is 5.79. The molecule has 0 aliphatic carbocycles. The maximum atomic E-state index is 12.4. The van der Waals surface area contributed by atoms with E-state index in [0.29, 0.717) is 23.0 Å². The standard InChI is InChI=1S/C19H16N2O6/c1-11(26-19(22)13-5-8-15-16(9-13)25-10-24-15)17-20-21-18(27-17)12-3-6-14(23-2)7-4-12/h3-9,11H,10H2,1-2H3/t11-/m1/s1. The van der Waals surface area contributed by atoms with Crippen molar-refractivity contribution in [3.63, 3.8) is 0 Å². The highest BCUT2D eigenvalue weighted by Crippen LogP contribution is 2.33. The van der Waals surface area contributed by atoms with Gasteiger partial charge in [0.1, 0.15) is 5.75 Å². The Hall–Kier alpha value is -3.55. The van der Waals surface area contributed by atoms with Gasteiger partial charge in [0, 0.05) is 5.56 Å². The first-order valence-electron chi connectivity index (χ1n) is 8.22. The zero-order chi connectivity index (χ0) is 18.8. The van der Waals surface area contributed by atoms with Gasteiger partial charge in [-0.3, -0.25) is 0 Å². The van der Waals surface area contributed by atoms with Crippen molar-refractivity contribution in [1.82, 2.24) is 10.2 Å². The minimum atomic E-state index is -0.706. The molecule has 8 heteroatoms. The summed E-state index contributed by atoms with van der Waals surface area (Å²) in [6.07, 6.45) is -0.706. The molecule has 0 N–H and O–H groups in total. The topological polar surface area (TPSA) is 92.9 Å². The first-order chi connectivity index (χ1) is 13.1. The molecule has 0 saturated carbocycles. The summed E-state index contributed by atoms with van der Waals surface area (Å²) < 4.78 is 26.7. The van der Waals surface area contributed by atoms with E-state index in [1.807, 2.05) is 0 Å². The van der Waals surface area contributed by atoms with E-state index >= 15 is 0 Å². The number of benzene rings is 2. The maximum Gasteiger partial charge on any atom is 0.339 e. The lowest BCUT2D eigenvalue weighted by Gasteiger charge is -2.09. The zero-order valence-corrected chi connectivity index (χ0v) is 14.7. The van der Waals surface area contributed by atoms with Gasteiger partial charge in [0.15, 0.2) is 17.6 Å². The average molecular weight is 368 g/mol. The van der Waals surface area contributed by atoms with Crippen molar-refractivity contribution in [2.24, 2.45) is 0 Å². The first-order valence-corrected chi connectivity index (χ1v) is 8.22. The van der Waals surface area contributed by atoms with E-state index in [9.17, 15) is 4.79 Å². The van der Waals surface area contributed by atoms with Gasteiger partial charge in [-0.2, -0.15) is 0 Å². The molecule has 0 unspecified atom stereocenters. The third-order valence-corrected chi connectivity index (χ3v) is 4.02. The molecule has 0 saturated heterocycles. The molecule has 0 radical (unpaired) electrons. The van der Waals surface area contributed by atoms with Crippen molar-refractivity contribution in [1.29, 1.82) is 0 Å². The van der Waals surface area contributed by atoms with Crippen molar-refractivity contribution in [3.8, 4) is 28.7 Å². The molecule has 1 atom stereocenters. The van der Waals surface area contributed by atoms with Crippen molar-refractivity contribution in [2.45, 2.75) is 13.0 Å². The van der Waals surface area contributed by atoms with E-state index in [0.717, 1.165) is 11.3 Å². The number of nitrogens with zero attached hydrogens (tertiary/aromatic N) is 2. The highest BCUT2D eigenvalue weighted by molar-refractivity contribution is 5.90. The monoisotopic (exact) mass is 368 g/mol. The normalized spacial score (nSPS) is 13.3. The van der Waals surface area contributed by atoms with E-state index in [1.54, 1.807) is 56.5 Å². The first kappa shape index (κ1) is 16.9. The molecular weight excluding hydrogens is 352 g/mol. The van der Waals surface area contributed by atoms with Crippen LogP contribution in [-0.2, 0) is 4.74 Å². The predicted molar refractivity (Wildman–Crippen MR) is 92.7 cm³/mol. The Kier molecular flexibility index (Phi) is 4.37. The highest BCUT2D eigenvalue weighted by Gasteiger charge is 2.22. The van der Waals surface area contributed by atoms with Gasteiger partial charge in [0.2, 0.25) is 12.7 Å². The lowest BCUT2D eigenvalue weighted by atomic mass is 10.2. The summed E-state index contributed by atoms with van der Waals surface area (Å²) in [6, 6.07) is 12.1. The van der Waals surface area contributed by atoms with Gasteiger partial charge >= 0.3 is 5.97 Å². The second kappa shape index (κ2) is 6.99. The van der Waals surface area contributed by atoms with Crippen LogP contribution in [0, 0.1) is 0 Å². The Balaban J connectivity index is 1.46. The number of ether oxygens (including phenoxy) is 4. The largest absolute Gasteiger partial charge is 0.497 e. The molecule has 1 aliphatic heterocycles. The summed E-state index contributed by atoms with van der Waals surface area (Å²) in [5.74, 6) is 1.85. The number of fused-ring (bicyclic) bond motifs is 1. The molecule has 2 heterocycles. The van der Waals surface area contributed by atoms with Gasteiger partial charge in [-0.05, 0) is 49.4 Å². The second-order valence-electron chi connectivity index (χ2n) is 5.79. The Bertz CT molecular complexity index is 967. The van der Waals surface area contributed by atoms with Gasteiger partial charge in [-0.1, -0.05) is 0 Å². The minimum Gasteiger partial charge on any atom is -0.497 e. The Morgan fingerprint density at radius 1 is 1.07 bits per heavy atom. The fraction of sp³-hybridized carbons (Fsp3) is 0.211. The van der Waals surface area contributed by atoms with Crippen LogP contribution in [0.3, 0.4) is 0 Å². The smallest absolute Gasteiger partial charge is 0.339 e. The number of aromatic nitrogens is 2. The van der Waals surface area contributed by atoms with Gasteiger partial charge in [0.05, 0.1) is 12.7 Å². The van der Waals surface area contributed by atoms with Gasteiger partial charge in [0.25, 0.3) is 5.89 Å². The summed E-state index contributed by atoms with van der Waals surface area (Å²) in [5, 5.41) is 7.97. The SMILES string of the molecule is COc1ccc(-c2nnc([C@@H](C)OC(=O)c3ccc4c(c3)OCO4)o2)cc1. The summed E-state index contributed by atoms with van der Waals surface area (Å²) in [4.78, 5) is 12.4. The molecule has 1 aliphatic rings. The van der Waals surface area contributed by atoms with E-state index < -0.39 is 12.1 Å². The molecule has 0 spiro atoms. The molecule has 0 fully saturated rings. The molecule has 8 nitrogen and oxygen atoms in total. The fourth-order valence-electron chi connectivity index (χ4n) is 2.55. The van der Waals surface area contributed by atoms with Gasteiger partial charge < -0.3 is 23.4 Å². The van der Waals surface area contributed by atoms with Crippen LogP contribution in [0.15, 0.2) is 46.9 Å². The maximum absolute atomic E-state index is 12.4. The number of hydrogen-bond acceptors (Lipinski definition) is 8. The number of hydrogen-bond donors (Lipinski definition) is 0. The number of carbonyl (C=O) groups is 1. The number of esters is 1. The summed E-state index contributed by atoms with van der Waals surface area (Å²) in [7, 11) is 1.59. The molecule has 1 aromatic heterocycles. The molecule has 0 bridgehead atoms. The van der Waals surface area contributed by atoms with E-state index in [1.165, 1.54) is 0 Å². The number of rotatable bonds is 5. The Morgan fingerprint density at radius 3 is 2.63 bits per heavy atom. The molecule has 27 heavy (non-hydrogen) atoms. The van der Waals surface area contributed by atoms with Crippen LogP contribution in [0.2, 0.25) is 0 Å². The van der Waals surface area contributed by atoms with Crippen LogP contribution < -0.4 is 14.2 Å². The average Bonchev–Trinajstić information content (AvgIpc) is 3.37. The van der Waals surface area contributed by atoms with Crippen LogP contribution >= 0.6 is 0 Å². The van der Waals surface area contributed by atoms with Crippen LogP contribution in [-0.4, -0.2) is 30.1 Å². The minimum absolute atomic E-state index is 0.139. The van der Waals surface area contributed by atoms with Crippen LogP contribution in [0.1, 0.15) is 29.3 Å². The predicted octanol–water partition coefficient (Wildman–Crippen LogP) is 3.39. The van der Waals surface area contributed by atoms with E-state index in [4.69, 9.17) is 23.4 Å². The van der Waals surface area contributed by atoms with Crippen molar-refractivity contribution < 1.29 is 28.2 Å². The number of methoxy groups -OCH3 is 1. The van der Waals surface area contributed by atoms with Crippen LogP contribution in [0.4, 0.5) is 0 Å². The summed E-state index contributed by atoms with van der Waals surface area (Å²) in [6.45, 7) is 1.80. The lowest BCUT2D eigenvalue weighted by molar-refractivity contribution is 0.0279. The summed E-state index contributed by atoms with van der Waals surface area (Å²) in [5.41, 5.74) is 1.09.